The van der Waals surface area contributed by atoms with Gasteiger partial charge in [0, 0.05) is 18.0 Å². The topological polar surface area (TPSA) is 88.7 Å². The summed E-state index contributed by atoms with van der Waals surface area (Å²) >= 11 is 0. The highest BCUT2D eigenvalue weighted by Gasteiger charge is 2.13. The SMILES string of the molecule is CC1CCN(C)CC1.COc1ccc(C(C)C(=O)O)cn1.Nc1ccccc1. The summed E-state index contributed by atoms with van der Waals surface area (Å²) in [6, 6.07) is 12.8. The smallest absolute Gasteiger partial charge is 0.310 e. The molecule has 1 aliphatic heterocycles. The van der Waals surface area contributed by atoms with Crippen molar-refractivity contribution in [1.29, 1.82) is 0 Å². The number of carboxylic acids is 1. The molecule has 3 N–H and O–H groups in total. The molecule has 1 aromatic carbocycles. The molecule has 6 nitrogen and oxygen atoms in total. The van der Waals surface area contributed by atoms with E-state index in [-0.39, 0.29) is 0 Å². The normalized spacial score (nSPS) is 15.3. The quantitative estimate of drug-likeness (QED) is 0.777. The molecular weight excluding hydrogens is 354 g/mol. The van der Waals surface area contributed by atoms with Gasteiger partial charge in [0.2, 0.25) is 5.88 Å². The molecule has 0 amide bonds. The van der Waals surface area contributed by atoms with Gasteiger partial charge in [-0.3, -0.25) is 4.79 Å². The number of hydrogen-bond donors (Lipinski definition) is 2. The molecule has 0 aliphatic carbocycles. The van der Waals surface area contributed by atoms with Crippen LogP contribution in [0.4, 0.5) is 5.69 Å². The van der Waals surface area contributed by atoms with Gasteiger partial charge in [0.1, 0.15) is 0 Å². The number of methoxy groups -OCH3 is 1. The van der Waals surface area contributed by atoms with Crippen LogP contribution in [-0.4, -0.2) is 48.2 Å². The summed E-state index contributed by atoms with van der Waals surface area (Å²) in [7, 11) is 3.72. The van der Waals surface area contributed by atoms with Crippen molar-refractivity contribution in [3.63, 3.8) is 0 Å². The van der Waals surface area contributed by atoms with E-state index >= 15 is 0 Å². The zero-order valence-corrected chi connectivity index (χ0v) is 17.3. The second kappa shape index (κ2) is 12.7. The first-order valence-corrected chi connectivity index (χ1v) is 9.55. The minimum Gasteiger partial charge on any atom is -0.481 e. The van der Waals surface area contributed by atoms with E-state index in [2.05, 4.69) is 23.9 Å². The van der Waals surface area contributed by atoms with Gasteiger partial charge in [0.05, 0.1) is 13.0 Å². The standard InChI is InChI=1S/C9H11NO3.C7H15N.C6H7N/c1-6(9(11)12)7-3-4-8(13-2)10-5-7;1-7-3-5-8(2)6-4-7;7-6-4-2-1-3-5-6/h3-6H,1-2H3,(H,11,12);7H,3-6H2,1-2H3;1-5H,7H2. The Labute approximate surface area is 168 Å². The molecule has 2 heterocycles. The van der Waals surface area contributed by atoms with Crippen LogP contribution in [0.3, 0.4) is 0 Å². The number of carboxylic acid groups (broad SMARTS) is 1. The maximum atomic E-state index is 10.6. The van der Waals surface area contributed by atoms with Crippen LogP contribution in [0.2, 0.25) is 0 Å². The van der Waals surface area contributed by atoms with E-state index in [1.807, 2.05) is 30.3 Å². The molecule has 0 spiro atoms. The molecule has 0 saturated carbocycles. The van der Waals surface area contributed by atoms with Crippen molar-refractivity contribution < 1.29 is 14.6 Å². The molecule has 3 rings (SSSR count). The van der Waals surface area contributed by atoms with Crippen LogP contribution in [0.5, 0.6) is 5.88 Å². The number of anilines is 1. The van der Waals surface area contributed by atoms with Crippen LogP contribution in [-0.2, 0) is 4.79 Å². The van der Waals surface area contributed by atoms with Crippen LogP contribution in [0.25, 0.3) is 0 Å². The van der Waals surface area contributed by atoms with Crippen LogP contribution < -0.4 is 10.5 Å². The molecule has 1 aromatic heterocycles. The number of carbonyl (C=O) groups is 1. The van der Waals surface area contributed by atoms with Crippen molar-refractivity contribution >= 4 is 11.7 Å². The van der Waals surface area contributed by atoms with Gasteiger partial charge in [-0.2, -0.15) is 0 Å². The fourth-order valence-electron chi connectivity index (χ4n) is 2.50. The Morgan fingerprint density at radius 2 is 1.82 bits per heavy atom. The summed E-state index contributed by atoms with van der Waals surface area (Å²) in [5.74, 6) is 0.0814. The molecule has 154 valence electrons. The van der Waals surface area contributed by atoms with Gasteiger partial charge >= 0.3 is 5.97 Å². The van der Waals surface area contributed by atoms with Gasteiger partial charge in [0.15, 0.2) is 0 Å². The summed E-state index contributed by atoms with van der Waals surface area (Å²) in [5, 5.41) is 8.70. The molecule has 28 heavy (non-hydrogen) atoms. The van der Waals surface area contributed by atoms with Gasteiger partial charge < -0.3 is 20.5 Å². The van der Waals surface area contributed by atoms with E-state index in [1.54, 1.807) is 19.1 Å². The number of rotatable bonds is 3. The lowest BCUT2D eigenvalue weighted by atomic mass is 10.00. The van der Waals surface area contributed by atoms with Crippen molar-refractivity contribution in [2.45, 2.75) is 32.6 Å². The number of nitrogen functional groups attached to an aromatic ring is 1. The molecule has 1 fully saturated rings. The van der Waals surface area contributed by atoms with Gasteiger partial charge in [-0.1, -0.05) is 31.2 Å². The molecule has 6 heteroatoms. The van der Waals surface area contributed by atoms with E-state index < -0.39 is 11.9 Å². The minimum atomic E-state index is -0.855. The Kier molecular flexibility index (Phi) is 10.7. The molecule has 0 bridgehead atoms. The molecule has 1 aliphatic rings. The average molecular weight is 388 g/mol. The van der Waals surface area contributed by atoms with Crippen molar-refractivity contribution in [3.05, 3.63) is 54.2 Å². The molecule has 1 saturated heterocycles. The lowest BCUT2D eigenvalue weighted by Gasteiger charge is -2.26. The van der Waals surface area contributed by atoms with Gasteiger partial charge in [-0.05, 0) is 63.5 Å². The number of benzene rings is 1. The number of nitrogens with two attached hydrogens (primary N) is 1. The van der Waals surface area contributed by atoms with Gasteiger partial charge in [-0.25, -0.2) is 4.98 Å². The Morgan fingerprint density at radius 3 is 2.18 bits per heavy atom. The number of pyridine rings is 1. The number of ether oxygens (including phenoxy) is 1. The largest absolute Gasteiger partial charge is 0.481 e. The lowest BCUT2D eigenvalue weighted by Crippen LogP contribution is -2.28. The summed E-state index contributed by atoms with van der Waals surface area (Å²) in [6.07, 6.45) is 4.31. The van der Waals surface area contributed by atoms with Crippen LogP contribution in [0.1, 0.15) is 38.2 Å². The first-order valence-electron chi connectivity index (χ1n) is 9.55. The first kappa shape index (κ1) is 23.4. The third kappa shape index (κ3) is 9.37. The third-order valence-electron chi connectivity index (χ3n) is 4.65. The second-order valence-corrected chi connectivity index (χ2v) is 7.09. The van der Waals surface area contributed by atoms with Crippen molar-refractivity contribution in [1.82, 2.24) is 9.88 Å². The minimum absolute atomic E-state index is 0.487. The lowest BCUT2D eigenvalue weighted by molar-refractivity contribution is -0.138. The highest BCUT2D eigenvalue weighted by molar-refractivity contribution is 5.75. The second-order valence-electron chi connectivity index (χ2n) is 7.09. The molecule has 1 unspecified atom stereocenters. The van der Waals surface area contributed by atoms with Crippen LogP contribution in [0, 0.1) is 5.92 Å². The predicted molar refractivity (Wildman–Crippen MR) is 114 cm³/mol. The Balaban J connectivity index is 0.000000224. The van der Waals surface area contributed by atoms with Gasteiger partial charge in [0.25, 0.3) is 0 Å². The Morgan fingerprint density at radius 1 is 1.21 bits per heavy atom. The molecule has 2 aromatic rings. The number of piperidine rings is 1. The number of hydrogen-bond acceptors (Lipinski definition) is 5. The first-order chi connectivity index (χ1) is 13.3. The summed E-state index contributed by atoms with van der Waals surface area (Å²) in [5.41, 5.74) is 6.85. The Bertz CT molecular complexity index is 659. The van der Waals surface area contributed by atoms with Crippen LogP contribution >= 0.6 is 0 Å². The van der Waals surface area contributed by atoms with E-state index in [0.29, 0.717) is 11.4 Å². The number of likely N-dealkylation sites (tertiary alicyclic amines) is 1. The Hall–Kier alpha value is -2.60. The van der Waals surface area contributed by atoms with E-state index in [4.69, 9.17) is 15.6 Å². The predicted octanol–water partition coefficient (Wildman–Crippen LogP) is 3.90. The molecule has 1 atom stereocenters. The average Bonchev–Trinajstić information content (AvgIpc) is 2.71. The zero-order valence-electron chi connectivity index (χ0n) is 17.3. The van der Waals surface area contributed by atoms with E-state index in [0.717, 1.165) is 11.6 Å². The fraction of sp³-hybridized carbons (Fsp3) is 0.455. The summed E-state index contributed by atoms with van der Waals surface area (Å²) in [6.45, 7) is 6.57. The third-order valence-corrected chi connectivity index (χ3v) is 4.65. The monoisotopic (exact) mass is 387 g/mol. The number of aromatic nitrogens is 1. The molecule has 0 radical (unpaired) electrons. The number of aliphatic carboxylic acids is 1. The van der Waals surface area contributed by atoms with Crippen molar-refractivity contribution in [2.75, 3.05) is 33.0 Å². The van der Waals surface area contributed by atoms with Crippen LogP contribution in [0.15, 0.2) is 48.7 Å². The van der Waals surface area contributed by atoms with E-state index in [1.165, 1.54) is 39.2 Å². The van der Waals surface area contributed by atoms with Crippen molar-refractivity contribution in [2.24, 2.45) is 5.92 Å². The molecular formula is C22H33N3O3. The van der Waals surface area contributed by atoms with E-state index in [9.17, 15) is 4.79 Å². The van der Waals surface area contributed by atoms with Gasteiger partial charge in [-0.15, -0.1) is 0 Å². The summed E-state index contributed by atoms with van der Waals surface area (Å²) in [4.78, 5) is 16.9. The summed E-state index contributed by atoms with van der Waals surface area (Å²) < 4.78 is 4.85. The maximum Gasteiger partial charge on any atom is 0.310 e. The number of nitrogens with zero attached hydrogens (tertiary/aromatic N) is 2. The highest BCUT2D eigenvalue weighted by atomic mass is 16.5. The number of para-hydroxylation sites is 1. The highest BCUT2D eigenvalue weighted by Crippen LogP contribution is 2.16. The van der Waals surface area contributed by atoms with Crippen molar-refractivity contribution in [3.8, 4) is 5.88 Å². The zero-order chi connectivity index (χ0) is 20.9. The maximum absolute atomic E-state index is 10.6. The fourth-order valence-corrected chi connectivity index (χ4v) is 2.50.